The minimum absolute atomic E-state index is 0.0465. The van der Waals surface area contributed by atoms with Crippen LogP contribution in [0.3, 0.4) is 0 Å². The first-order chi connectivity index (χ1) is 10.7. The average molecular weight is 316 g/mol. The third kappa shape index (κ3) is 5.00. The van der Waals surface area contributed by atoms with Crippen molar-refractivity contribution in [2.24, 2.45) is 0 Å². The number of carbonyl (C=O) groups excluding carboxylic acids is 2. The maximum absolute atomic E-state index is 12.2. The Morgan fingerprint density at radius 2 is 1.91 bits per heavy atom. The van der Waals surface area contributed by atoms with Crippen LogP contribution in [-0.2, 0) is 22.6 Å². The summed E-state index contributed by atoms with van der Waals surface area (Å²) in [5, 5.41) is 4.69. The van der Waals surface area contributed by atoms with Crippen molar-refractivity contribution in [2.75, 3.05) is 13.1 Å². The van der Waals surface area contributed by atoms with Crippen LogP contribution in [0.4, 0.5) is 0 Å². The van der Waals surface area contributed by atoms with Gasteiger partial charge in [-0.05, 0) is 23.9 Å². The van der Waals surface area contributed by atoms with Crippen molar-refractivity contribution >= 4 is 23.2 Å². The molecule has 1 aromatic carbocycles. The summed E-state index contributed by atoms with van der Waals surface area (Å²) >= 11 is 1.63. The van der Waals surface area contributed by atoms with Gasteiger partial charge in [-0.3, -0.25) is 9.59 Å². The quantitative estimate of drug-likeness (QED) is 0.853. The zero-order valence-electron chi connectivity index (χ0n) is 12.6. The Labute approximate surface area is 134 Å². The van der Waals surface area contributed by atoms with Crippen molar-refractivity contribution in [3.8, 4) is 0 Å². The summed E-state index contributed by atoms with van der Waals surface area (Å²) in [6.45, 7) is 3.22. The molecule has 0 saturated carbocycles. The number of likely N-dealkylation sites (N-methyl/N-ethyl adjacent to an activating group) is 1. The lowest BCUT2D eigenvalue weighted by Gasteiger charge is -2.20. The molecule has 1 aromatic heterocycles. The fourth-order valence-corrected chi connectivity index (χ4v) is 2.82. The summed E-state index contributed by atoms with van der Waals surface area (Å²) < 4.78 is 0. The van der Waals surface area contributed by atoms with E-state index in [1.54, 1.807) is 16.2 Å². The van der Waals surface area contributed by atoms with Crippen molar-refractivity contribution in [1.29, 1.82) is 0 Å². The van der Waals surface area contributed by atoms with E-state index in [1.807, 2.05) is 54.8 Å². The molecule has 4 nitrogen and oxygen atoms in total. The lowest BCUT2D eigenvalue weighted by Crippen LogP contribution is -2.40. The first-order valence-electron chi connectivity index (χ1n) is 7.30. The predicted octanol–water partition coefficient (Wildman–Crippen LogP) is 2.46. The number of amides is 2. The van der Waals surface area contributed by atoms with Gasteiger partial charge in [0.15, 0.2) is 0 Å². The van der Waals surface area contributed by atoms with Crippen LogP contribution in [0.15, 0.2) is 47.8 Å². The van der Waals surface area contributed by atoms with Crippen LogP contribution in [0.1, 0.15) is 17.4 Å². The molecule has 0 spiro atoms. The highest BCUT2D eigenvalue weighted by Crippen LogP contribution is 2.11. The van der Waals surface area contributed by atoms with E-state index >= 15 is 0 Å². The van der Waals surface area contributed by atoms with Gasteiger partial charge in [0.05, 0.1) is 19.5 Å². The molecule has 2 aromatic rings. The van der Waals surface area contributed by atoms with E-state index in [0.717, 1.165) is 10.4 Å². The highest BCUT2D eigenvalue weighted by Gasteiger charge is 2.13. The highest BCUT2D eigenvalue weighted by molar-refractivity contribution is 7.09. The number of rotatable bonds is 7. The van der Waals surface area contributed by atoms with Gasteiger partial charge in [0, 0.05) is 11.4 Å². The molecule has 5 heteroatoms. The summed E-state index contributed by atoms with van der Waals surface area (Å²) in [6, 6.07) is 13.5. The van der Waals surface area contributed by atoms with E-state index in [-0.39, 0.29) is 18.4 Å². The number of hydrogen-bond acceptors (Lipinski definition) is 3. The van der Waals surface area contributed by atoms with Crippen LogP contribution in [0.25, 0.3) is 0 Å². The molecule has 2 rings (SSSR count). The Morgan fingerprint density at radius 3 is 2.55 bits per heavy atom. The Hall–Kier alpha value is -2.14. The topological polar surface area (TPSA) is 49.4 Å². The number of thiophene rings is 1. The number of nitrogens with one attached hydrogen (secondary N) is 1. The minimum atomic E-state index is -0.133. The first-order valence-corrected chi connectivity index (χ1v) is 8.17. The van der Waals surface area contributed by atoms with E-state index in [2.05, 4.69) is 5.32 Å². The van der Waals surface area contributed by atoms with Gasteiger partial charge in [-0.2, -0.15) is 0 Å². The second kappa shape index (κ2) is 8.34. The number of hydrogen-bond donors (Lipinski definition) is 1. The van der Waals surface area contributed by atoms with Gasteiger partial charge < -0.3 is 10.2 Å². The summed E-state index contributed by atoms with van der Waals surface area (Å²) in [4.78, 5) is 26.9. The van der Waals surface area contributed by atoms with Crippen LogP contribution in [0.2, 0.25) is 0 Å². The van der Waals surface area contributed by atoms with Crippen molar-refractivity contribution in [3.63, 3.8) is 0 Å². The first kappa shape index (κ1) is 16.2. The molecule has 0 bridgehead atoms. The van der Waals surface area contributed by atoms with Crippen LogP contribution < -0.4 is 5.32 Å². The smallest absolute Gasteiger partial charge is 0.242 e. The van der Waals surface area contributed by atoms with E-state index in [1.165, 1.54) is 0 Å². The zero-order chi connectivity index (χ0) is 15.8. The monoisotopic (exact) mass is 316 g/mol. The fraction of sp³-hybridized carbons (Fsp3) is 0.294. The van der Waals surface area contributed by atoms with Crippen LogP contribution >= 0.6 is 11.3 Å². The molecule has 0 aliphatic heterocycles. The highest BCUT2D eigenvalue weighted by atomic mass is 32.1. The molecule has 0 unspecified atom stereocenters. The zero-order valence-corrected chi connectivity index (χ0v) is 13.4. The maximum Gasteiger partial charge on any atom is 0.242 e. The molecule has 0 saturated heterocycles. The van der Waals surface area contributed by atoms with Gasteiger partial charge in [-0.25, -0.2) is 0 Å². The summed E-state index contributed by atoms with van der Waals surface area (Å²) in [7, 11) is 0. The second-order valence-corrected chi connectivity index (χ2v) is 5.96. The van der Waals surface area contributed by atoms with Gasteiger partial charge in [-0.1, -0.05) is 36.4 Å². The molecule has 2 amide bonds. The second-order valence-electron chi connectivity index (χ2n) is 4.93. The Morgan fingerprint density at radius 1 is 1.14 bits per heavy atom. The van der Waals surface area contributed by atoms with Crippen LogP contribution in [0.5, 0.6) is 0 Å². The largest absolute Gasteiger partial charge is 0.347 e. The van der Waals surface area contributed by atoms with Crippen molar-refractivity contribution in [2.45, 2.75) is 19.9 Å². The Balaban J connectivity index is 1.79. The Bertz CT molecular complexity index is 596. The van der Waals surface area contributed by atoms with E-state index < -0.39 is 0 Å². The number of carbonyl (C=O) groups is 2. The summed E-state index contributed by atoms with van der Waals surface area (Å²) in [6.07, 6.45) is 0.297. The van der Waals surface area contributed by atoms with Crippen molar-refractivity contribution < 1.29 is 9.59 Å². The number of nitrogens with zero attached hydrogens (tertiary/aromatic N) is 1. The van der Waals surface area contributed by atoms with Gasteiger partial charge in [0.1, 0.15) is 0 Å². The molecular formula is C17H20N2O2S. The van der Waals surface area contributed by atoms with E-state index in [4.69, 9.17) is 0 Å². The summed E-state index contributed by atoms with van der Waals surface area (Å²) in [5.41, 5.74) is 0.943. The molecule has 1 heterocycles. The minimum Gasteiger partial charge on any atom is -0.347 e. The SMILES string of the molecule is CCN(Cc1cccs1)C(=O)CNC(=O)Cc1ccccc1. The summed E-state index contributed by atoms with van der Waals surface area (Å²) in [5.74, 6) is -0.191. The fourth-order valence-electron chi connectivity index (χ4n) is 2.10. The van der Waals surface area contributed by atoms with Crippen molar-refractivity contribution in [3.05, 3.63) is 58.3 Å². The average Bonchev–Trinajstić information content (AvgIpc) is 3.04. The van der Waals surface area contributed by atoms with E-state index in [0.29, 0.717) is 19.5 Å². The predicted molar refractivity (Wildman–Crippen MR) is 88.6 cm³/mol. The third-order valence-corrected chi connectivity index (χ3v) is 4.17. The molecule has 1 N–H and O–H groups in total. The van der Waals surface area contributed by atoms with Gasteiger partial charge in [0.2, 0.25) is 11.8 Å². The van der Waals surface area contributed by atoms with Crippen LogP contribution in [-0.4, -0.2) is 29.8 Å². The molecule has 116 valence electrons. The Kier molecular flexibility index (Phi) is 6.15. The molecule has 0 aliphatic rings. The normalized spacial score (nSPS) is 10.2. The molecule has 0 atom stereocenters. The van der Waals surface area contributed by atoms with Gasteiger partial charge in [-0.15, -0.1) is 11.3 Å². The lowest BCUT2D eigenvalue weighted by atomic mass is 10.1. The third-order valence-electron chi connectivity index (χ3n) is 3.31. The molecule has 0 radical (unpaired) electrons. The number of benzene rings is 1. The van der Waals surface area contributed by atoms with Crippen molar-refractivity contribution in [1.82, 2.24) is 10.2 Å². The molecular weight excluding hydrogens is 296 g/mol. The molecule has 0 aliphatic carbocycles. The van der Waals surface area contributed by atoms with Gasteiger partial charge in [0.25, 0.3) is 0 Å². The van der Waals surface area contributed by atoms with Gasteiger partial charge >= 0.3 is 0 Å². The standard InChI is InChI=1S/C17H20N2O2S/c1-2-19(13-15-9-6-10-22-15)17(21)12-18-16(20)11-14-7-4-3-5-8-14/h3-10H,2,11-13H2,1H3,(H,18,20). The lowest BCUT2D eigenvalue weighted by molar-refractivity contribution is -0.133. The molecule has 0 fully saturated rings. The van der Waals surface area contributed by atoms with Crippen LogP contribution in [0, 0.1) is 0 Å². The molecule has 22 heavy (non-hydrogen) atoms. The van der Waals surface area contributed by atoms with E-state index in [9.17, 15) is 9.59 Å². The maximum atomic E-state index is 12.2.